The second-order valence-electron chi connectivity index (χ2n) is 2.75. The van der Waals surface area contributed by atoms with Crippen LogP contribution in [0.1, 0.15) is 18.5 Å². The highest BCUT2D eigenvalue weighted by Crippen LogP contribution is 2.09. The first-order chi connectivity index (χ1) is 6.36. The minimum atomic E-state index is 0.605. The van der Waals surface area contributed by atoms with Gasteiger partial charge in [-0.05, 0) is 25.0 Å². The molecule has 13 heavy (non-hydrogen) atoms. The smallest absolute Gasteiger partial charge is 0.137 e. The largest absolute Gasteiger partial charge is 0.495 e. The van der Waals surface area contributed by atoms with Crippen molar-refractivity contribution in [3.05, 3.63) is 24.0 Å². The van der Waals surface area contributed by atoms with Gasteiger partial charge in [-0.3, -0.25) is 4.98 Å². The van der Waals surface area contributed by atoms with Crippen molar-refractivity contribution < 1.29 is 9.53 Å². The SMILES string of the molecule is COc1ccc(CCCC=O)nc1. The predicted molar refractivity (Wildman–Crippen MR) is 49.8 cm³/mol. The molecular weight excluding hydrogens is 166 g/mol. The zero-order valence-electron chi connectivity index (χ0n) is 7.69. The zero-order chi connectivity index (χ0) is 9.52. The van der Waals surface area contributed by atoms with E-state index in [1.54, 1.807) is 13.3 Å². The monoisotopic (exact) mass is 179 g/mol. The van der Waals surface area contributed by atoms with Crippen LogP contribution in [0.25, 0.3) is 0 Å². The lowest BCUT2D eigenvalue weighted by atomic mass is 10.2. The summed E-state index contributed by atoms with van der Waals surface area (Å²) >= 11 is 0. The van der Waals surface area contributed by atoms with Crippen molar-refractivity contribution in [3.8, 4) is 5.75 Å². The van der Waals surface area contributed by atoms with Crippen LogP contribution < -0.4 is 4.74 Å². The summed E-state index contributed by atoms with van der Waals surface area (Å²) in [5, 5.41) is 0. The highest BCUT2D eigenvalue weighted by atomic mass is 16.5. The third-order valence-electron chi connectivity index (χ3n) is 1.79. The van der Waals surface area contributed by atoms with Gasteiger partial charge in [-0.25, -0.2) is 0 Å². The number of rotatable bonds is 5. The van der Waals surface area contributed by atoms with Gasteiger partial charge < -0.3 is 9.53 Å². The van der Waals surface area contributed by atoms with E-state index in [0.717, 1.165) is 30.6 Å². The number of aldehydes is 1. The molecule has 0 saturated carbocycles. The number of methoxy groups -OCH3 is 1. The van der Waals surface area contributed by atoms with Crippen molar-refractivity contribution >= 4 is 6.29 Å². The first-order valence-corrected chi connectivity index (χ1v) is 4.29. The Morgan fingerprint density at radius 2 is 2.38 bits per heavy atom. The maximum atomic E-state index is 10.1. The van der Waals surface area contributed by atoms with E-state index in [0.29, 0.717) is 6.42 Å². The second-order valence-corrected chi connectivity index (χ2v) is 2.75. The summed E-state index contributed by atoms with van der Waals surface area (Å²) in [6, 6.07) is 3.80. The summed E-state index contributed by atoms with van der Waals surface area (Å²) in [4.78, 5) is 14.2. The van der Waals surface area contributed by atoms with Gasteiger partial charge in [0.25, 0.3) is 0 Å². The number of carbonyl (C=O) groups excluding carboxylic acids is 1. The van der Waals surface area contributed by atoms with Crippen molar-refractivity contribution in [2.24, 2.45) is 0 Å². The highest BCUT2D eigenvalue weighted by molar-refractivity contribution is 5.49. The van der Waals surface area contributed by atoms with Crippen LogP contribution in [0.2, 0.25) is 0 Å². The van der Waals surface area contributed by atoms with Gasteiger partial charge >= 0.3 is 0 Å². The summed E-state index contributed by atoms with van der Waals surface area (Å²) in [6.45, 7) is 0. The van der Waals surface area contributed by atoms with Crippen molar-refractivity contribution in [1.82, 2.24) is 4.98 Å². The maximum absolute atomic E-state index is 10.1. The summed E-state index contributed by atoms with van der Waals surface area (Å²) < 4.78 is 4.98. The number of ether oxygens (including phenoxy) is 1. The maximum Gasteiger partial charge on any atom is 0.137 e. The van der Waals surface area contributed by atoms with E-state index >= 15 is 0 Å². The summed E-state index contributed by atoms with van der Waals surface area (Å²) in [6.07, 6.45) is 4.94. The molecule has 0 atom stereocenters. The van der Waals surface area contributed by atoms with E-state index in [4.69, 9.17) is 4.74 Å². The summed E-state index contributed by atoms with van der Waals surface area (Å²) in [7, 11) is 1.61. The van der Waals surface area contributed by atoms with E-state index in [2.05, 4.69) is 4.98 Å². The molecule has 0 spiro atoms. The Morgan fingerprint density at radius 3 is 2.92 bits per heavy atom. The molecule has 0 amide bonds. The lowest BCUT2D eigenvalue weighted by Gasteiger charge is -2.00. The molecular formula is C10H13NO2. The molecule has 0 aliphatic rings. The Morgan fingerprint density at radius 1 is 1.54 bits per heavy atom. The zero-order valence-corrected chi connectivity index (χ0v) is 7.69. The van der Waals surface area contributed by atoms with Crippen LogP contribution in [-0.2, 0) is 11.2 Å². The van der Waals surface area contributed by atoms with Crippen molar-refractivity contribution in [3.63, 3.8) is 0 Å². The van der Waals surface area contributed by atoms with Crippen LogP contribution in [0.5, 0.6) is 5.75 Å². The van der Waals surface area contributed by atoms with Gasteiger partial charge in [-0.15, -0.1) is 0 Å². The fraction of sp³-hybridized carbons (Fsp3) is 0.400. The third kappa shape index (κ3) is 3.23. The average Bonchev–Trinajstić information content (AvgIpc) is 2.19. The first kappa shape index (κ1) is 9.71. The molecule has 1 heterocycles. The minimum Gasteiger partial charge on any atom is -0.495 e. The van der Waals surface area contributed by atoms with Gasteiger partial charge in [0, 0.05) is 12.1 Å². The Bertz CT molecular complexity index is 256. The molecule has 0 saturated heterocycles. The molecule has 0 aromatic carbocycles. The van der Waals surface area contributed by atoms with Crippen LogP contribution >= 0.6 is 0 Å². The number of carbonyl (C=O) groups is 1. The Kier molecular flexibility index (Phi) is 3.96. The topological polar surface area (TPSA) is 39.2 Å². The molecule has 0 bridgehead atoms. The minimum absolute atomic E-state index is 0.605. The fourth-order valence-electron chi connectivity index (χ4n) is 1.05. The molecule has 0 unspecified atom stereocenters. The van der Waals surface area contributed by atoms with Gasteiger partial charge in [-0.2, -0.15) is 0 Å². The number of hydrogen-bond acceptors (Lipinski definition) is 3. The molecule has 0 N–H and O–H groups in total. The molecule has 0 radical (unpaired) electrons. The molecule has 0 aliphatic carbocycles. The fourth-order valence-corrected chi connectivity index (χ4v) is 1.05. The van der Waals surface area contributed by atoms with Gasteiger partial charge in [0.15, 0.2) is 0 Å². The van der Waals surface area contributed by atoms with Crippen LogP contribution in [-0.4, -0.2) is 18.4 Å². The van der Waals surface area contributed by atoms with Crippen molar-refractivity contribution in [2.45, 2.75) is 19.3 Å². The Labute approximate surface area is 77.8 Å². The van der Waals surface area contributed by atoms with Crippen LogP contribution in [0.4, 0.5) is 0 Å². The number of aromatic nitrogens is 1. The summed E-state index contributed by atoms with van der Waals surface area (Å²) in [5.74, 6) is 0.763. The van der Waals surface area contributed by atoms with Crippen LogP contribution in [0.3, 0.4) is 0 Å². The quantitative estimate of drug-likeness (QED) is 0.509. The summed E-state index contributed by atoms with van der Waals surface area (Å²) in [5.41, 5.74) is 1.00. The molecule has 3 heteroatoms. The first-order valence-electron chi connectivity index (χ1n) is 4.29. The van der Waals surface area contributed by atoms with E-state index in [1.165, 1.54) is 0 Å². The number of nitrogens with zero attached hydrogens (tertiary/aromatic N) is 1. The lowest BCUT2D eigenvalue weighted by Crippen LogP contribution is -1.91. The number of aryl methyl sites for hydroxylation is 1. The van der Waals surface area contributed by atoms with Gasteiger partial charge in [0.2, 0.25) is 0 Å². The molecule has 3 nitrogen and oxygen atoms in total. The Balaban J connectivity index is 2.44. The lowest BCUT2D eigenvalue weighted by molar-refractivity contribution is -0.107. The normalized spacial score (nSPS) is 9.62. The standard InChI is InChI=1S/C10H13NO2/c1-13-10-6-5-9(11-8-10)4-2-3-7-12/h5-8H,2-4H2,1H3. The van der Waals surface area contributed by atoms with E-state index in [1.807, 2.05) is 12.1 Å². The molecule has 1 aromatic heterocycles. The molecule has 1 aromatic rings. The molecule has 70 valence electrons. The number of unbranched alkanes of at least 4 members (excludes halogenated alkanes) is 1. The predicted octanol–water partition coefficient (Wildman–Crippen LogP) is 1.61. The van der Waals surface area contributed by atoms with Gasteiger partial charge in [0.05, 0.1) is 13.3 Å². The van der Waals surface area contributed by atoms with E-state index in [-0.39, 0.29) is 0 Å². The average molecular weight is 179 g/mol. The van der Waals surface area contributed by atoms with Crippen molar-refractivity contribution in [2.75, 3.05) is 7.11 Å². The Hall–Kier alpha value is -1.38. The van der Waals surface area contributed by atoms with E-state index in [9.17, 15) is 4.79 Å². The number of pyridine rings is 1. The molecule has 0 fully saturated rings. The third-order valence-corrected chi connectivity index (χ3v) is 1.79. The highest BCUT2D eigenvalue weighted by Gasteiger charge is 1.95. The van der Waals surface area contributed by atoms with E-state index < -0.39 is 0 Å². The molecule has 1 rings (SSSR count). The van der Waals surface area contributed by atoms with Gasteiger partial charge in [0.1, 0.15) is 12.0 Å². The van der Waals surface area contributed by atoms with Crippen molar-refractivity contribution in [1.29, 1.82) is 0 Å². The number of hydrogen-bond donors (Lipinski definition) is 0. The second kappa shape index (κ2) is 5.30. The van der Waals surface area contributed by atoms with Crippen LogP contribution in [0.15, 0.2) is 18.3 Å². The molecule has 0 aliphatic heterocycles. The van der Waals surface area contributed by atoms with Gasteiger partial charge in [-0.1, -0.05) is 0 Å². The van der Waals surface area contributed by atoms with Crippen LogP contribution in [0, 0.1) is 0 Å².